The molecule has 1 heterocycles. The third-order valence-corrected chi connectivity index (χ3v) is 6.11. The lowest BCUT2D eigenvalue weighted by atomic mass is 9.80. The molecule has 0 aromatic carbocycles. The van der Waals surface area contributed by atoms with E-state index in [2.05, 4.69) is 29.4 Å². The van der Waals surface area contributed by atoms with Crippen LogP contribution < -0.4 is 10.6 Å². The molecule has 1 aliphatic carbocycles. The molecule has 0 aromatic rings. The number of nitrogens with zero attached hydrogens (tertiary/aromatic N) is 1. The summed E-state index contributed by atoms with van der Waals surface area (Å²) >= 11 is 0. The summed E-state index contributed by atoms with van der Waals surface area (Å²) in [6.45, 7) is 11.3. The van der Waals surface area contributed by atoms with E-state index >= 15 is 0 Å². The van der Waals surface area contributed by atoms with Gasteiger partial charge in [-0.25, -0.2) is 4.79 Å². The van der Waals surface area contributed by atoms with E-state index in [1.165, 1.54) is 0 Å². The van der Waals surface area contributed by atoms with Crippen molar-refractivity contribution in [1.29, 1.82) is 0 Å². The average molecular weight is 412 g/mol. The summed E-state index contributed by atoms with van der Waals surface area (Å²) in [5.41, 5.74) is -1.58. The molecule has 2 aliphatic rings. The predicted molar refractivity (Wildman–Crippen MR) is 114 cm³/mol. The Hall–Kier alpha value is -1.34. The van der Waals surface area contributed by atoms with Crippen molar-refractivity contribution in [1.82, 2.24) is 15.5 Å². The minimum absolute atomic E-state index is 0.191. The van der Waals surface area contributed by atoms with E-state index in [9.17, 15) is 14.7 Å². The van der Waals surface area contributed by atoms with E-state index < -0.39 is 23.3 Å². The number of aliphatic hydroxyl groups excluding tert-OH is 1. The summed E-state index contributed by atoms with van der Waals surface area (Å²) in [5.74, 6) is -0.191. The van der Waals surface area contributed by atoms with Crippen molar-refractivity contribution < 1.29 is 19.4 Å². The Morgan fingerprint density at radius 1 is 1.17 bits per heavy atom. The Kier molecular flexibility index (Phi) is 8.35. The van der Waals surface area contributed by atoms with Gasteiger partial charge in [0.25, 0.3) is 0 Å². The van der Waals surface area contributed by atoms with Gasteiger partial charge in [-0.3, -0.25) is 9.69 Å². The maximum atomic E-state index is 13.3. The standard InChI is InChI=1S/C22H41N3O4/c1-6-14-25-15-18(26)17(11-10-16(25)2)23-19(27)22(12-8-7-9-13-22)24-20(28)29-21(3,4)5/h16-18,26H,6-15H2,1-5H3,(H,23,27)(H,24,28)/t16-,17+,18+/m1/s1. The summed E-state index contributed by atoms with van der Waals surface area (Å²) < 4.78 is 5.42. The molecule has 0 unspecified atom stereocenters. The topological polar surface area (TPSA) is 90.9 Å². The van der Waals surface area contributed by atoms with Gasteiger partial charge in [0.1, 0.15) is 11.1 Å². The first-order chi connectivity index (χ1) is 13.6. The van der Waals surface area contributed by atoms with E-state index in [-0.39, 0.29) is 11.9 Å². The molecule has 0 spiro atoms. The van der Waals surface area contributed by atoms with Crippen LogP contribution in [0.3, 0.4) is 0 Å². The Labute approximate surface area is 175 Å². The minimum Gasteiger partial charge on any atom is -0.444 e. The van der Waals surface area contributed by atoms with Crippen LogP contribution in [0.2, 0.25) is 0 Å². The molecular weight excluding hydrogens is 370 g/mol. The van der Waals surface area contributed by atoms with Crippen LogP contribution >= 0.6 is 0 Å². The van der Waals surface area contributed by atoms with Crippen LogP contribution in [0.25, 0.3) is 0 Å². The van der Waals surface area contributed by atoms with Crippen LogP contribution in [0.4, 0.5) is 4.79 Å². The normalized spacial score (nSPS) is 28.3. The first-order valence-corrected chi connectivity index (χ1v) is 11.3. The van der Waals surface area contributed by atoms with E-state index in [1.54, 1.807) is 0 Å². The maximum Gasteiger partial charge on any atom is 0.408 e. The smallest absolute Gasteiger partial charge is 0.408 e. The highest BCUT2D eigenvalue weighted by Crippen LogP contribution is 2.30. The summed E-state index contributed by atoms with van der Waals surface area (Å²) in [6.07, 6.45) is 5.55. The molecule has 0 radical (unpaired) electrons. The number of β-amino-alcohol motifs (C(OH)–C–C–N with tert-alkyl or cyclic N) is 1. The molecule has 1 saturated carbocycles. The quantitative estimate of drug-likeness (QED) is 0.647. The Morgan fingerprint density at radius 2 is 1.83 bits per heavy atom. The van der Waals surface area contributed by atoms with Gasteiger partial charge in [0.2, 0.25) is 5.91 Å². The number of nitrogens with one attached hydrogen (secondary N) is 2. The Morgan fingerprint density at radius 3 is 2.41 bits per heavy atom. The Balaban J connectivity index is 2.08. The van der Waals surface area contributed by atoms with Crippen LogP contribution in [0, 0.1) is 0 Å². The number of alkyl carbamates (subject to hydrolysis) is 1. The second-order valence-electron chi connectivity index (χ2n) is 9.84. The number of rotatable bonds is 5. The van der Waals surface area contributed by atoms with Crippen molar-refractivity contribution in [3.8, 4) is 0 Å². The van der Waals surface area contributed by atoms with Gasteiger partial charge in [0.15, 0.2) is 0 Å². The van der Waals surface area contributed by atoms with Crippen LogP contribution in [0.5, 0.6) is 0 Å². The fourth-order valence-corrected chi connectivity index (χ4v) is 4.48. The van der Waals surface area contributed by atoms with E-state index in [0.717, 1.165) is 45.1 Å². The molecule has 2 fully saturated rings. The number of aliphatic hydroxyl groups is 1. The van der Waals surface area contributed by atoms with Crippen LogP contribution in [0.15, 0.2) is 0 Å². The van der Waals surface area contributed by atoms with E-state index in [4.69, 9.17) is 4.74 Å². The second kappa shape index (κ2) is 10.1. The fraction of sp³-hybridized carbons (Fsp3) is 0.909. The third-order valence-electron chi connectivity index (χ3n) is 6.11. The number of ether oxygens (including phenoxy) is 1. The van der Waals surface area contributed by atoms with Crippen molar-refractivity contribution in [3.63, 3.8) is 0 Å². The molecule has 1 saturated heterocycles. The summed E-state index contributed by atoms with van der Waals surface area (Å²) in [6, 6.07) is 0.0843. The van der Waals surface area contributed by atoms with Crippen molar-refractivity contribution in [3.05, 3.63) is 0 Å². The van der Waals surface area contributed by atoms with Gasteiger partial charge in [-0.15, -0.1) is 0 Å². The fourth-order valence-electron chi connectivity index (χ4n) is 4.48. The largest absolute Gasteiger partial charge is 0.444 e. The van der Waals surface area contributed by atoms with Crippen LogP contribution in [-0.2, 0) is 9.53 Å². The third kappa shape index (κ3) is 6.85. The Bertz CT molecular complexity index is 555. The van der Waals surface area contributed by atoms with Gasteiger partial charge in [-0.05, 0) is 66.3 Å². The maximum absolute atomic E-state index is 13.3. The van der Waals surface area contributed by atoms with Gasteiger partial charge in [0, 0.05) is 12.6 Å². The second-order valence-corrected chi connectivity index (χ2v) is 9.84. The van der Waals surface area contributed by atoms with Gasteiger partial charge >= 0.3 is 6.09 Å². The zero-order valence-electron chi connectivity index (χ0n) is 18.9. The molecule has 29 heavy (non-hydrogen) atoms. The molecule has 168 valence electrons. The number of hydrogen-bond donors (Lipinski definition) is 3. The predicted octanol–water partition coefficient (Wildman–Crippen LogP) is 2.95. The highest BCUT2D eigenvalue weighted by atomic mass is 16.6. The molecule has 2 rings (SSSR count). The number of carbonyl (C=O) groups is 2. The van der Waals surface area contributed by atoms with Crippen molar-refractivity contribution >= 4 is 12.0 Å². The summed E-state index contributed by atoms with van der Waals surface area (Å²) in [7, 11) is 0. The molecule has 3 N–H and O–H groups in total. The summed E-state index contributed by atoms with van der Waals surface area (Å²) in [5, 5.41) is 16.7. The molecule has 3 atom stereocenters. The highest BCUT2D eigenvalue weighted by molar-refractivity contribution is 5.90. The van der Waals surface area contributed by atoms with Gasteiger partial charge in [-0.1, -0.05) is 26.2 Å². The van der Waals surface area contributed by atoms with Crippen molar-refractivity contribution in [2.75, 3.05) is 13.1 Å². The lowest BCUT2D eigenvalue weighted by Crippen LogP contribution is -2.63. The van der Waals surface area contributed by atoms with E-state index in [1.807, 2.05) is 20.8 Å². The lowest BCUT2D eigenvalue weighted by molar-refractivity contribution is -0.130. The zero-order valence-corrected chi connectivity index (χ0v) is 18.9. The number of carbonyl (C=O) groups excluding carboxylic acids is 2. The minimum atomic E-state index is -0.957. The number of likely N-dealkylation sites (tertiary alicyclic amines) is 1. The molecule has 0 aromatic heterocycles. The first kappa shape index (κ1) is 23.9. The van der Waals surface area contributed by atoms with Crippen LogP contribution in [0.1, 0.15) is 86.0 Å². The van der Waals surface area contributed by atoms with Crippen molar-refractivity contribution in [2.24, 2.45) is 0 Å². The van der Waals surface area contributed by atoms with Gasteiger partial charge < -0.3 is 20.5 Å². The lowest BCUT2D eigenvalue weighted by Gasteiger charge is -2.38. The SMILES string of the molecule is CCCN1C[C@H](O)[C@@H](NC(=O)C2(NC(=O)OC(C)(C)C)CCCCC2)CC[C@H]1C. The van der Waals surface area contributed by atoms with E-state index in [0.29, 0.717) is 25.4 Å². The van der Waals surface area contributed by atoms with Gasteiger partial charge in [0.05, 0.1) is 12.1 Å². The van der Waals surface area contributed by atoms with Crippen LogP contribution in [-0.4, -0.2) is 64.4 Å². The first-order valence-electron chi connectivity index (χ1n) is 11.3. The molecule has 1 aliphatic heterocycles. The number of hydrogen-bond acceptors (Lipinski definition) is 5. The molecule has 7 nitrogen and oxygen atoms in total. The average Bonchev–Trinajstić information content (AvgIpc) is 2.74. The zero-order chi connectivity index (χ0) is 21.7. The molecule has 0 bridgehead atoms. The monoisotopic (exact) mass is 411 g/mol. The molecule has 7 heteroatoms. The molecule has 2 amide bonds. The summed E-state index contributed by atoms with van der Waals surface area (Å²) in [4.78, 5) is 28.1. The molecular formula is C22H41N3O4. The van der Waals surface area contributed by atoms with Crippen molar-refractivity contribution in [2.45, 2.75) is 115 Å². The van der Waals surface area contributed by atoms with Gasteiger partial charge in [-0.2, -0.15) is 0 Å². The highest BCUT2D eigenvalue weighted by Gasteiger charge is 2.43. The number of amides is 2.